The Balaban J connectivity index is 1.66. The van der Waals surface area contributed by atoms with Crippen molar-refractivity contribution >= 4 is 62.1 Å². The summed E-state index contributed by atoms with van der Waals surface area (Å²) in [5, 5.41) is 3.97. The topological polar surface area (TPSA) is 84.5 Å². The molecule has 0 aromatic heterocycles. The highest BCUT2D eigenvalue weighted by molar-refractivity contribution is 7.92. The quantitative estimate of drug-likeness (QED) is 0.369. The van der Waals surface area contributed by atoms with Gasteiger partial charge in [-0.3, -0.25) is 9.52 Å². The van der Waals surface area contributed by atoms with Gasteiger partial charge in [0.15, 0.2) is 6.10 Å². The lowest BCUT2D eigenvalue weighted by Gasteiger charge is -2.16. The Morgan fingerprint density at radius 3 is 1.97 bits per heavy atom. The first kappa shape index (κ1) is 25.2. The van der Waals surface area contributed by atoms with Crippen LogP contribution in [0, 0.1) is 13.8 Å². The van der Waals surface area contributed by atoms with Crippen molar-refractivity contribution < 1.29 is 17.9 Å². The molecule has 0 aliphatic carbocycles. The molecule has 3 aromatic carbocycles. The average Bonchev–Trinajstić information content (AvgIpc) is 2.71. The predicted molar refractivity (Wildman–Crippen MR) is 133 cm³/mol. The van der Waals surface area contributed by atoms with Gasteiger partial charge < -0.3 is 10.1 Å². The summed E-state index contributed by atoms with van der Waals surface area (Å²) in [6.07, 6.45) is -0.789. The highest BCUT2D eigenvalue weighted by atomic mass is 35.5. The Hall–Kier alpha value is -2.45. The van der Waals surface area contributed by atoms with Crippen LogP contribution in [0.3, 0.4) is 0 Å². The van der Waals surface area contributed by atoms with Crippen LogP contribution in [0.25, 0.3) is 0 Å². The van der Waals surface area contributed by atoms with Gasteiger partial charge in [-0.05, 0) is 86.5 Å². The fourth-order valence-electron chi connectivity index (χ4n) is 3.02. The molecule has 0 bridgehead atoms. The fraction of sp³-hybridized carbons (Fsp3) is 0.174. The van der Waals surface area contributed by atoms with Crippen LogP contribution in [0.2, 0.25) is 15.1 Å². The number of sulfonamides is 1. The second-order valence-electron chi connectivity index (χ2n) is 7.41. The zero-order valence-corrected chi connectivity index (χ0v) is 21.0. The number of aryl methyl sites for hydroxylation is 2. The number of benzene rings is 3. The normalized spacial score (nSPS) is 12.2. The van der Waals surface area contributed by atoms with Crippen molar-refractivity contribution in [3.05, 3.63) is 80.8 Å². The van der Waals surface area contributed by atoms with Crippen LogP contribution < -0.4 is 14.8 Å². The van der Waals surface area contributed by atoms with E-state index in [0.717, 1.165) is 11.1 Å². The largest absolute Gasteiger partial charge is 0.481 e. The van der Waals surface area contributed by atoms with E-state index in [1.165, 1.54) is 42.5 Å². The first-order valence-electron chi connectivity index (χ1n) is 9.78. The summed E-state index contributed by atoms with van der Waals surface area (Å²) in [5.41, 5.74) is 2.36. The van der Waals surface area contributed by atoms with Gasteiger partial charge in [-0.1, -0.05) is 34.8 Å². The molecular formula is C23H21Cl3N2O4S. The summed E-state index contributed by atoms with van der Waals surface area (Å²) in [5.74, 6) is 0.147. The number of hydrogen-bond acceptors (Lipinski definition) is 4. The first-order chi connectivity index (χ1) is 15.4. The lowest BCUT2D eigenvalue weighted by Crippen LogP contribution is -2.30. The standard InChI is InChI=1S/C23H21Cl3N2O4S/c1-13-8-20(9-14(2)22(13)26)32-15(3)23(29)27-18-4-6-21(7-5-18)33(30,31)28-19-11-16(24)10-17(25)12-19/h4-12,15,28H,1-3H3,(H,27,29). The van der Waals surface area contributed by atoms with E-state index < -0.39 is 16.1 Å². The second-order valence-corrected chi connectivity index (χ2v) is 10.3. The third kappa shape index (κ3) is 6.54. The monoisotopic (exact) mass is 526 g/mol. The molecule has 0 saturated heterocycles. The molecule has 1 atom stereocenters. The molecule has 0 radical (unpaired) electrons. The number of ether oxygens (including phenoxy) is 1. The van der Waals surface area contributed by atoms with Crippen LogP contribution in [0.4, 0.5) is 11.4 Å². The maximum Gasteiger partial charge on any atom is 0.265 e. The van der Waals surface area contributed by atoms with Crippen LogP contribution in [0.15, 0.2) is 59.5 Å². The fourth-order valence-corrected chi connectivity index (χ4v) is 4.70. The van der Waals surface area contributed by atoms with Crippen LogP contribution in [-0.4, -0.2) is 20.4 Å². The van der Waals surface area contributed by atoms with Gasteiger partial charge in [0, 0.05) is 20.8 Å². The maximum atomic E-state index is 12.6. The number of carbonyl (C=O) groups is 1. The first-order valence-corrected chi connectivity index (χ1v) is 12.4. The Morgan fingerprint density at radius 1 is 0.879 bits per heavy atom. The number of anilines is 2. The summed E-state index contributed by atoms with van der Waals surface area (Å²) in [4.78, 5) is 12.5. The lowest BCUT2D eigenvalue weighted by molar-refractivity contribution is -0.122. The van der Waals surface area contributed by atoms with E-state index in [0.29, 0.717) is 26.5 Å². The smallest absolute Gasteiger partial charge is 0.265 e. The Kier molecular flexibility index (Phi) is 7.80. The summed E-state index contributed by atoms with van der Waals surface area (Å²) < 4.78 is 33.4. The molecule has 0 saturated carbocycles. The Bertz CT molecular complexity index is 1250. The van der Waals surface area contributed by atoms with E-state index in [1.807, 2.05) is 13.8 Å². The van der Waals surface area contributed by atoms with E-state index >= 15 is 0 Å². The van der Waals surface area contributed by atoms with Gasteiger partial charge in [0.25, 0.3) is 15.9 Å². The van der Waals surface area contributed by atoms with Crippen molar-refractivity contribution in [1.29, 1.82) is 0 Å². The van der Waals surface area contributed by atoms with Crippen molar-refractivity contribution in [3.63, 3.8) is 0 Å². The molecule has 2 N–H and O–H groups in total. The summed E-state index contributed by atoms with van der Waals surface area (Å²) >= 11 is 18.0. The number of rotatable bonds is 7. The minimum Gasteiger partial charge on any atom is -0.481 e. The zero-order chi connectivity index (χ0) is 24.3. The van der Waals surface area contributed by atoms with E-state index in [9.17, 15) is 13.2 Å². The molecular weight excluding hydrogens is 507 g/mol. The SMILES string of the molecule is Cc1cc(OC(C)C(=O)Nc2ccc(S(=O)(=O)Nc3cc(Cl)cc(Cl)c3)cc2)cc(C)c1Cl. The van der Waals surface area contributed by atoms with Gasteiger partial charge in [0.05, 0.1) is 10.6 Å². The summed E-state index contributed by atoms with van der Waals surface area (Å²) in [7, 11) is -3.88. The molecule has 0 aliphatic heterocycles. The molecule has 0 heterocycles. The lowest BCUT2D eigenvalue weighted by atomic mass is 10.1. The molecule has 6 nitrogen and oxygen atoms in total. The van der Waals surface area contributed by atoms with Crippen LogP contribution >= 0.6 is 34.8 Å². The average molecular weight is 528 g/mol. The summed E-state index contributed by atoms with van der Waals surface area (Å²) in [6.45, 7) is 5.34. The van der Waals surface area contributed by atoms with Gasteiger partial charge in [-0.25, -0.2) is 8.42 Å². The molecule has 0 aliphatic rings. The molecule has 1 amide bonds. The van der Waals surface area contributed by atoms with Crippen LogP contribution in [-0.2, 0) is 14.8 Å². The van der Waals surface area contributed by atoms with Crippen LogP contribution in [0.5, 0.6) is 5.75 Å². The number of carbonyl (C=O) groups excluding carboxylic acids is 1. The van der Waals surface area contributed by atoms with Crippen molar-refractivity contribution in [1.82, 2.24) is 0 Å². The molecule has 0 fully saturated rings. The van der Waals surface area contributed by atoms with Crippen molar-refractivity contribution in [3.8, 4) is 5.75 Å². The molecule has 3 rings (SSSR count). The zero-order valence-electron chi connectivity index (χ0n) is 17.9. The highest BCUT2D eigenvalue weighted by Crippen LogP contribution is 2.27. The van der Waals surface area contributed by atoms with Crippen molar-refractivity contribution in [2.75, 3.05) is 10.0 Å². The van der Waals surface area contributed by atoms with Gasteiger partial charge in [-0.2, -0.15) is 0 Å². The number of hydrogen-bond donors (Lipinski definition) is 2. The minimum atomic E-state index is -3.88. The third-order valence-electron chi connectivity index (χ3n) is 4.64. The van der Waals surface area contributed by atoms with E-state index in [-0.39, 0.29) is 16.5 Å². The van der Waals surface area contributed by atoms with E-state index in [2.05, 4.69) is 10.0 Å². The molecule has 10 heteroatoms. The highest BCUT2D eigenvalue weighted by Gasteiger charge is 2.18. The van der Waals surface area contributed by atoms with Gasteiger partial charge in [0.1, 0.15) is 5.75 Å². The third-order valence-corrected chi connectivity index (χ3v) is 7.07. The van der Waals surface area contributed by atoms with Gasteiger partial charge in [0.2, 0.25) is 0 Å². The Labute approximate surface area is 207 Å². The number of nitrogens with one attached hydrogen (secondary N) is 2. The maximum absolute atomic E-state index is 12.6. The van der Waals surface area contributed by atoms with Gasteiger partial charge in [-0.15, -0.1) is 0 Å². The van der Waals surface area contributed by atoms with Crippen molar-refractivity contribution in [2.24, 2.45) is 0 Å². The Morgan fingerprint density at radius 2 is 1.42 bits per heavy atom. The van der Waals surface area contributed by atoms with E-state index in [1.54, 1.807) is 19.1 Å². The van der Waals surface area contributed by atoms with Crippen molar-refractivity contribution in [2.45, 2.75) is 31.8 Å². The molecule has 3 aromatic rings. The van der Waals surface area contributed by atoms with E-state index in [4.69, 9.17) is 39.5 Å². The number of halogens is 3. The molecule has 0 spiro atoms. The minimum absolute atomic E-state index is 0.00742. The molecule has 1 unspecified atom stereocenters. The molecule has 174 valence electrons. The molecule has 33 heavy (non-hydrogen) atoms. The number of amides is 1. The predicted octanol–water partition coefficient (Wildman–Crippen LogP) is 6.47. The second kappa shape index (κ2) is 10.2. The summed E-state index contributed by atoms with van der Waals surface area (Å²) in [6, 6.07) is 13.6. The van der Waals surface area contributed by atoms with Crippen LogP contribution in [0.1, 0.15) is 18.1 Å². The van der Waals surface area contributed by atoms with Gasteiger partial charge >= 0.3 is 0 Å².